The highest BCUT2D eigenvalue weighted by Crippen LogP contribution is 2.37. The Balaban J connectivity index is 3.31. The molecule has 1 rings (SSSR count). The van der Waals surface area contributed by atoms with Crippen molar-refractivity contribution in [2.75, 3.05) is 14.2 Å². The van der Waals surface area contributed by atoms with Gasteiger partial charge in [-0.1, -0.05) is 0 Å². The van der Waals surface area contributed by atoms with Crippen LogP contribution in [-0.2, 0) is 6.61 Å². The van der Waals surface area contributed by atoms with Crippen LogP contribution in [0.25, 0.3) is 0 Å². The minimum Gasteiger partial charge on any atom is -0.490 e. The monoisotopic (exact) mass is 202 g/mol. The van der Waals surface area contributed by atoms with Gasteiger partial charge in [0.2, 0.25) is 11.5 Å². The van der Waals surface area contributed by atoms with Gasteiger partial charge in [0.15, 0.2) is 5.76 Å². The summed E-state index contributed by atoms with van der Waals surface area (Å²) in [4.78, 5) is 10.7. The van der Waals surface area contributed by atoms with Crippen LogP contribution in [0.1, 0.15) is 16.3 Å². The summed E-state index contributed by atoms with van der Waals surface area (Å²) in [7, 11) is 2.62. The van der Waals surface area contributed by atoms with Gasteiger partial charge in [-0.25, -0.2) is 4.79 Å². The third kappa shape index (κ3) is 1.51. The molecule has 14 heavy (non-hydrogen) atoms. The molecule has 1 aromatic rings. The maximum Gasteiger partial charge on any atom is 0.375 e. The van der Waals surface area contributed by atoms with Crippen LogP contribution in [0, 0.1) is 0 Å². The summed E-state index contributed by atoms with van der Waals surface area (Å²) in [5.74, 6) is -1.55. The Morgan fingerprint density at radius 2 is 1.93 bits per heavy atom. The fourth-order valence-electron chi connectivity index (χ4n) is 1.08. The lowest BCUT2D eigenvalue weighted by molar-refractivity contribution is 0.0653. The Morgan fingerprint density at radius 3 is 2.29 bits per heavy atom. The van der Waals surface area contributed by atoms with Crippen molar-refractivity contribution in [1.82, 2.24) is 0 Å². The number of aromatic carboxylic acids is 1. The molecule has 0 aliphatic rings. The van der Waals surface area contributed by atoms with Crippen LogP contribution in [0.3, 0.4) is 0 Å². The third-order valence-electron chi connectivity index (χ3n) is 1.64. The van der Waals surface area contributed by atoms with E-state index >= 15 is 0 Å². The van der Waals surface area contributed by atoms with Crippen molar-refractivity contribution in [3.63, 3.8) is 0 Å². The van der Waals surface area contributed by atoms with Crippen LogP contribution in [0.15, 0.2) is 4.42 Å². The molecular weight excluding hydrogens is 192 g/mol. The normalized spacial score (nSPS) is 9.93. The summed E-state index contributed by atoms with van der Waals surface area (Å²) in [6.07, 6.45) is 0. The summed E-state index contributed by atoms with van der Waals surface area (Å²) in [5.41, 5.74) is 0. The minimum absolute atomic E-state index is 0.0240. The first kappa shape index (κ1) is 10.4. The molecule has 0 fully saturated rings. The molecule has 0 aliphatic heterocycles. The molecule has 78 valence electrons. The predicted octanol–water partition coefficient (Wildman–Crippen LogP) is 0.487. The Labute approximate surface area is 79.7 Å². The number of aliphatic hydroxyl groups excluding tert-OH is 1. The maximum absolute atomic E-state index is 10.7. The molecule has 1 heterocycles. The molecule has 6 heteroatoms. The molecule has 0 aromatic carbocycles. The standard InChI is InChI=1S/C8H10O6/c1-12-5-4(3-9)14-7(8(10)11)6(5)13-2/h9H,3H2,1-2H3,(H,10,11). The summed E-state index contributed by atoms with van der Waals surface area (Å²) in [5, 5.41) is 17.6. The van der Waals surface area contributed by atoms with Gasteiger partial charge in [0.25, 0.3) is 5.76 Å². The molecule has 0 radical (unpaired) electrons. The highest BCUT2D eigenvalue weighted by Gasteiger charge is 2.26. The van der Waals surface area contributed by atoms with Crippen LogP contribution in [0.5, 0.6) is 11.5 Å². The minimum atomic E-state index is -1.28. The molecule has 0 aliphatic carbocycles. The first-order valence-corrected chi connectivity index (χ1v) is 3.73. The average Bonchev–Trinajstić information content (AvgIpc) is 2.54. The Kier molecular flexibility index (Phi) is 2.98. The summed E-state index contributed by atoms with van der Waals surface area (Å²) in [6, 6.07) is 0. The van der Waals surface area contributed by atoms with Gasteiger partial charge in [-0.05, 0) is 0 Å². The average molecular weight is 202 g/mol. The number of carboxylic acid groups (broad SMARTS) is 1. The fraction of sp³-hybridized carbons (Fsp3) is 0.375. The van der Waals surface area contributed by atoms with Gasteiger partial charge in [0.05, 0.1) is 14.2 Å². The van der Waals surface area contributed by atoms with E-state index in [0.29, 0.717) is 0 Å². The number of ether oxygens (including phenoxy) is 2. The quantitative estimate of drug-likeness (QED) is 0.738. The molecule has 2 N–H and O–H groups in total. The van der Waals surface area contributed by atoms with E-state index < -0.39 is 12.6 Å². The summed E-state index contributed by atoms with van der Waals surface area (Å²) in [6.45, 7) is -0.452. The SMILES string of the molecule is COc1c(CO)oc(C(=O)O)c1OC. The fourth-order valence-corrected chi connectivity index (χ4v) is 1.08. The number of carboxylic acids is 1. The van der Waals surface area contributed by atoms with E-state index in [0.717, 1.165) is 0 Å². The lowest BCUT2D eigenvalue weighted by atomic mass is 10.3. The number of aliphatic hydroxyl groups is 1. The largest absolute Gasteiger partial charge is 0.490 e. The van der Waals surface area contributed by atoms with Crippen molar-refractivity contribution < 1.29 is 28.9 Å². The second-order valence-electron chi connectivity index (χ2n) is 2.38. The molecule has 0 spiro atoms. The lowest BCUT2D eigenvalue weighted by Crippen LogP contribution is -1.97. The smallest absolute Gasteiger partial charge is 0.375 e. The topological polar surface area (TPSA) is 89.1 Å². The molecule has 0 bridgehead atoms. The Morgan fingerprint density at radius 1 is 1.36 bits per heavy atom. The van der Waals surface area contributed by atoms with E-state index in [-0.39, 0.29) is 23.0 Å². The number of rotatable bonds is 4. The second-order valence-corrected chi connectivity index (χ2v) is 2.38. The van der Waals surface area contributed by atoms with E-state index in [9.17, 15) is 4.79 Å². The predicted molar refractivity (Wildman–Crippen MR) is 44.7 cm³/mol. The molecule has 1 aromatic heterocycles. The van der Waals surface area contributed by atoms with Crippen LogP contribution in [0.4, 0.5) is 0 Å². The van der Waals surface area contributed by atoms with Gasteiger partial charge >= 0.3 is 5.97 Å². The van der Waals surface area contributed by atoms with Gasteiger partial charge in [-0.3, -0.25) is 0 Å². The van der Waals surface area contributed by atoms with E-state index in [1.807, 2.05) is 0 Å². The number of hydrogen-bond acceptors (Lipinski definition) is 5. The van der Waals surface area contributed by atoms with Crippen LogP contribution in [0.2, 0.25) is 0 Å². The Hall–Kier alpha value is -1.69. The maximum atomic E-state index is 10.7. The zero-order valence-corrected chi connectivity index (χ0v) is 7.73. The highest BCUT2D eigenvalue weighted by molar-refractivity contribution is 5.89. The summed E-state index contributed by atoms with van der Waals surface area (Å²) >= 11 is 0. The molecule has 0 saturated heterocycles. The molecule has 0 unspecified atom stereocenters. The van der Waals surface area contributed by atoms with Crippen molar-refractivity contribution in [3.05, 3.63) is 11.5 Å². The number of furan rings is 1. The highest BCUT2D eigenvalue weighted by atomic mass is 16.5. The van der Waals surface area contributed by atoms with Crippen molar-refractivity contribution >= 4 is 5.97 Å². The molecule has 0 amide bonds. The van der Waals surface area contributed by atoms with Crippen LogP contribution < -0.4 is 9.47 Å². The molecule has 0 saturated carbocycles. The van der Waals surface area contributed by atoms with Crippen LogP contribution >= 0.6 is 0 Å². The van der Waals surface area contributed by atoms with E-state index in [1.165, 1.54) is 14.2 Å². The van der Waals surface area contributed by atoms with Gasteiger partial charge in [0, 0.05) is 0 Å². The first-order chi connectivity index (χ1) is 6.65. The van der Waals surface area contributed by atoms with E-state index in [4.69, 9.17) is 24.1 Å². The molecule has 0 atom stereocenters. The van der Waals surface area contributed by atoms with Crippen molar-refractivity contribution in [2.24, 2.45) is 0 Å². The molecule has 6 nitrogen and oxygen atoms in total. The van der Waals surface area contributed by atoms with Gasteiger partial charge in [-0.2, -0.15) is 0 Å². The van der Waals surface area contributed by atoms with Crippen molar-refractivity contribution in [1.29, 1.82) is 0 Å². The molecular formula is C8H10O6. The number of methoxy groups -OCH3 is 2. The van der Waals surface area contributed by atoms with E-state index in [1.54, 1.807) is 0 Å². The van der Waals surface area contributed by atoms with Crippen molar-refractivity contribution in [3.8, 4) is 11.5 Å². The van der Waals surface area contributed by atoms with Gasteiger partial charge < -0.3 is 24.1 Å². The van der Waals surface area contributed by atoms with Crippen molar-refractivity contribution in [2.45, 2.75) is 6.61 Å². The van der Waals surface area contributed by atoms with E-state index in [2.05, 4.69) is 0 Å². The number of carbonyl (C=O) groups is 1. The third-order valence-corrected chi connectivity index (χ3v) is 1.64. The van der Waals surface area contributed by atoms with Gasteiger partial charge in [0.1, 0.15) is 6.61 Å². The summed E-state index contributed by atoms with van der Waals surface area (Å²) < 4.78 is 14.5. The van der Waals surface area contributed by atoms with Crippen LogP contribution in [-0.4, -0.2) is 30.4 Å². The number of hydrogen-bond donors (Lipinski definition) is 2. The van der Waals surface area contributed by atoms with Gasteiger partial charge in [-0.15, -0.1) is 0 Å². The lowest BCUT2D eigenvalue weighted by Gasteiger charge is -2.00. The first-order valence-electron chi connectivity index (χ1n) is 3.73. The second kappa shape index (κ2) is 4.01. The zero-order valence-electron chi connectivity index (χ0n) is 7.73. The Bertz CT molecular complexity index is 340. The zero-order chi connectivity index (χ0) is 10.7.